The van der Waals surface area contributed by atoms with Gasteiger partial charge in [-0.2, -0.15) is 4.98 Å². The fraction of sp³-hybridized carbons (Fsp3) is 0.667. The van der Waals surface area contributed by atoms with Gasteiger partial charge >= 0.3 is 0 Å². The zero-order valence-corrected chi connectivity index (χ0v) is 14.1. The van der Waals surface area contributed by atoms with Crippen LogP contribution < -0.4 is 5.73 Å². The lowest BCUT2D eigenvalue weighted by molar-refractivity contribution is 0.0698. The minimum atomic E-state index is -0.0925. The molecular weight excluding hydrogens is 310 g/mol. The third kappa shape index (κ3) is 3.45. The van der Waals surface area contributed by atoms with Crippen LogP contribution in [0.25, 0.3) is 0 Å². The predicted molar refractivity (Wildman–Crippen MR) is 85.3 cm³/mol. The molecule has 2 aromatic heterocycles. The summed E-state index contributed by atoms with van der Waals surface area (Å²) in [6.45, 7) is 6.38. The van der Waals surface area contributed by atoms with Crippen LogP contribution in [0.1, 0.15) is 60.7 Å². The van der Waals surface area contributed by atoms with Crippen molar-refractivity contribution in [1.82, 2.24) is 30.0 Å². The van der Waals surface area contributed by atoms with Gasteiger partial charge in [0.05, 0.1) is 12.7 Å². The SMILES string of the molecule is CC(C)c1noc(C2CCN(C(=O)c3cn(CCN)nn3)CC2)n1. The van der Waals surface area contributed by atoms with Crippen molar-refractivity contribution >= 4 is 5.91 Å². The second kappa shape index (κ2) is 7.08. The first kappa shape index (κ1) is 16.6. The molecule has 130 valence electrons. The lowest BCUT2D eigenvalue weighted by Crippen LogP contribution is -2.38. The summed E-state index contributed by atoms with van der Waals surface area (Å²) in [5.41, 5.74) is 5.84. The molecule has 1 amide bonds. The first-order chi connectivity index (χ1) is 11.6. The Hall–Kier alpha value is -2.29. The van der Waals surface area contributed by atoms with Crippen LogP contribution in [0, 0.1) is 0 Å². The maximum atomic E-state index is 12.5. The van der Waals surface area contributed by atoms with E-state index in [4.69, 9.17) is 10.3 Å². The minimum absolute atomic E-state index is 0.0925. The largest absolute Gasteiger partial charge is 0.339 e. The van der Waals surface area contributed by atoms with Crippen molar-refractivity contribution in [3.63, 3.8) is 0 Å². The molecule has 1 aliphatic rings. The number of nitrogens with zero attached hydrogens (tertiary/aromatic N) is 6. The van der Waals surface area contributed by atoms with E-state index in [1.54, 1.807) is 15.8 Å². The van der Waals surface area contributed by atoms with Crippen molar-refractivity contribution in [3.05, 3.63) is 23.6 Å². The number of likely N-dealkylation sites (tertiary alicyclic amines) is 1. The average molecular weight is 333 g/mol. The Bertz CT molecular complexity index is 686. The summed E-state index contributed by atoms with van der Waals surface area (Å²) in [5, 5.41) is 11.9. The van der Waals surface area contributed by atoms with E-state index in [9.17, 15) is 4.79 Å². The molecule has 0 saturated carbocycles. The van der Waals surface area contributed by atoms with Gasteiger partial charge in [0.25, 0.3) is 5.91 Å². The summed E-state index contributed by atoms with van der Waals surface area (Å²) >= 11 is 0. The van der Waals surface area contributed by atoms with Gasteiger partial charge in [-0.25, -0.2) is 0 Å². The molecule has 9 heteroatoms. The maximum absolute atomic E-state index is 12.5. The fourth-order valence-corrected chi connectivity index (χ4v) is 2.78. The number of piperidine rings is 1. The lowest BCUT2D eigenvalue weighted by atomic mass is 9.96. The van der Waals surface area contributed by atoms with E-state index in [0.29, 0.717) is 37.8 Å². The van der Waals surface area contributed by atoms with E-state index < -0.39 is 0 Å². The number of aromatic nitrogens is 5. The van der Waals surface area contributed by atoms with E-state index in [0.717, 1.165) is 18.7 Å². The van der Waals surface area contributed by atoms with Gasteiger partial charge in [-0.3, -0.25) is 9.48 Å². The number of hydrogen-bond acceptors (Lipinski definition) is 7. The number of hydrogen-bond donors (Lipinski definition) is 1. The number of nitrogens with two attached hydrogens (primary N) is 1. The summed E-state index contributed by atoms with van der Waals surface area (Å²) < 4.78 is 6.96. The van der Waals surface area contributed by atoms with Crippen LogP contribution in [0.5, 0.6) is 0 Å². The molecule has 0 aromatic carbocycles. The Morgan fingerprint density at radius 3 is 2.79 bits per heavy atom. The van der Waals surface area contributed by atoms with Crippen LogP contribution in [0.3, 0.4) is 0 Å². The molecule has 0 bridgehead atoms. The number of carbonyl (C=O) groups excluding carboxylic acids is 1. The van der Waals surface area contributed by atoms with Gasteiger partial charge in [0, 0.05) is 31.5 Å². The molecule has 1 fully saturated rings. The fourth-order valence-electron chi connectivity index (χ4n) is 2.78. The third-order valence-corrected chi connectivity index (χ3v) is 4.22. The van der Waals surface area contributed by atoms with Gasteiger partial charge in [0.1, 0.15) is 0 Å². The van der Waals surface area contributed by atoms with Gasteiger partial charge in [-0.15, -0.1) is 5.10 Å². The Kier molecular flexibility index (Phi) is 4.89. The van der Waals surface area contributed by atoms with Crippen molar-refractivity contribution in [1.29, 1.82) is 0 Å². The summed E-state index contributed by atoms with van der Waals surface area (Å²) in [6.07, 6.45) is 3.26. The molecule has 0 radical (unpaired) electrons. The molecule has 2 N–H and O–H groups in total. The Morgan fingerprint density at radius 1 is 1.42 bits per heavy atom. The highest BCUT2D eigenvalue weighted by Gasteiger charge is 2.29. The van der Waals surface area contributed by atoms with Crippen LogP contribution in [0.4, 0.5) is 0 Å². The maximum Gasteiger partial charge on any atom is 0.276 e. The molecule has 1 aliphatic heterocycles. The van der Waals surface area contributed by atoms with E-state index in [1.165, 1.54) is 0 Å². The highest BCUT2D eigenvalue weighted by Crippen LogP contribution is 2.28. The van der Waals surface area contributed by atoms with Crippen molar-refractivity contribution in [2.24, 2.45) is 5.73 Å². The van der Waals surface area contributed by atoms with Gasteiger partial charge in [-0.05, 0) is 12.8 Å². The molecule has 0 unspecified atom stereocenters. The first-order valence-corrected chi connectivity index (χ1v) is 8.31. The highest BCUT2D eigenvalue weighted by molar-refractivity contribution is 5.92. The lowest BCUT2D eigenvalue weighted by Gasteiger charge is -2.29. The van der Waals surface area contributed by atoms with Crippen LogP contribution in [-0.4, -0.2) is 55.6 Å². The second-order valence-corrected chi connectivity index (χ2v) is 6.37. The molecule has 0 spiro atoms. The molecule has 0 aliphatic carbocycles. The molecule has 2 aromatic rings. The van der Waals surface area contributed by atoms with Gasteiger partial charge in [0.15, 0.2) is 11.5 Å². The smallest absolute Gasteiger partial charge is 0.276 e. The van der Waals surface area contributed by atoms with E-state index >= 15 is 0 Å². The van der Waals surface area contributed by atoms with Crippen LogP contribution in [0.15, 0.2) is 10.7 Å². The van der Waals surface area contributed by atoms with Crippen molar-refractivity contribution in [2.45, 2.75) is 45.1 Å². The third-order valence-electron chi connectivity index (χ3n) is 4.22. The molecule has 9 nitrogen and oxygen atoms in total. The van der Waals surface area contributed by atoms with Gasteiger partial charge in [-0.1, -0.05) is 24.2 Å². The molecule has 0 atom stereocenters. The monoisotopic (exact) mass is 333 g/mol. The topological polar surface area (TPSA) is 116 Å². The van der Waals surface area contributed by atoms with Gasteiger partial charge < -0.3 is 15.2 Å². The van der Waals surface area contributed by atoms with Crippen LogP contribution in [-0.2, 0) is 6.54 Å². The number of carbonyl (C=O) groups is 1. The summed E-state index contributed by atoms with van der Waals surface area (Å²) in [4.78, 5) is 18.7. The molecule has 3 rings (SSSR count). The quantitative estimate of drug-likeness (QED) is 0.858. The number of rotatable bonds is 5. The Labute approximate surface area is 140 Å². The molecule has 1 saturated heterocycles. The summed E-state index contributed by atoms with van der Waals surface area (Å²) in [5.74, 6) is 1.78. The summed E-state index contributed by atoms with van der Waals surface area (Å²) in [7, 11) is 0. The zero-order chi connectivity index (χ0) is 17.1. The van der Waals surface area contributed by atoms with Crippen molar-refractivity contribution < 1.29 is 9.32 Å². The Balaban J connectivity index is 1.58. The average Bonchev–Trinajstić information content (AvgIpc) is 3.24. The normalized spacial score (nSPS) is 16.1. The Morgan fingerprint density at radius 2 is 2.17 bits per heavy atom. The molecule has 24 heavy (non-hydrogen) atoms. The van der Waals surface area contributed by atoms with E-state index in [2.05, 4.69) is 20.5 Å². The van der Waals surface area contributed by atoms with Crippen LogP contribution >= 0.6 is 0 Å². The summed E-state index contributed by atoms with van der Waals surface area (Å²) in [6, 6.07) is 0. The standard InChI is InChI=1S/C15H23N7O2/c1-10(2)13-17-14(24-19-13)11-3-6-21(7-4-11)15(23)12-9-22(8-5-16)20-18-12/h9-11H,3-8,16H2,1-2H3. The molecule has 3 heterocycles. The second-order valence-electron chi connectivity index (χ2n) is 6.37. The first-order valence-electron chi connectivity index (χ1n) is 8.31. The zero-order valence-electron chi connectivity index (χ0n) is 14.1. The van der Waals surface area contributed by atoms with E-state index in [-0.39, 0.29) is 17.7 Å². The highest BCUT2D eigenvalue weighted by atomic mass is 16.5. The van der Waals surface area contributed by atoms with Crippen LogP contribution in [0.2, 0.25) is 0 Å². The minimum Gasteiger partial charge on any atom is -0.339 e. The van der Waals surface area contributed by atoms with Crippen molar-refractivity contribution in [3.8, 4) is 0 Å². The predicted octanol–water partition coefficient (Wildman–Crippen LogP) is 0.763. The molecular formula is C15H23N7O2. The van der Waals surface area contributed by atoms with Crippen molar-refractivity contribution in [2.75, 3.05) is 19.6 Å². The van der Waals surface area contributed by atoms with Gasteiger partial charge in [0.2, 0.25) is 5.89 Å². The van der Waals surface area contributed by atoms with E-state index in [1.807, 2.05) is 13.8 Å². The number of amides is 1.